The minimum atomic E-state index is -0.0601. The Hall–Kier alpha value is -0.0400. The van der Waals surface area contributed by atoms with Gasteiger partial charge in [0.25, 0.3) is 0 Å². The molecule has 0 saturated heterocycles. The van der Waals surface area contributed by atoms with Gasteiger partial charge in [-0.3, -0.25) is 0 Å². The minimum Gasteiger partial charge on any atom is -0.393 e. The van der Waals surface area contributed by atoms with Crippen molar-refractivity contribution in [3.05, 3.63) is 0 Å². The van der Waals surface area contributed by atoms with E-state index in [1.54, 1.807) is 0 Å². The van der Waals surface area contributed by atoms with E-state index in [0.717, 1.165) is 36.5 Å². The quantitative estimate of drug-likeness (QED) is 0.647. The van der Waals surface area contributed by atoms with Gasteiger partial charge >= 0.3 is 0 Å². The molecular weight excluding hydrogens is 244 g/mol. The van der Waals surface area contributed by atoms with Crippen molar-refractivity contribution in [1.82, 2.24) is 0 Å². The maximum absolute atomic E-state index is 9.65. The summed E-state index contributed by atoms with van der Waals surface area (Å²) in [4.78, 5) is 0. The van der Waals surface area contributed by atoms with Crippen LogP contribution in [0.25, 0.3) is 0 Å². The zero-order chi connectivity index (χ0) is 14.4. The van der Waals surface area contributed by atoms with Crippen LogP contribution in [0.2, 0.25) is 0 Å². The van der Waals surface area contributed by atoms with Crippen LogP contribution in [-0.2, 0) is 0 Å². The molecule has 0 aliphatic heterocycles. The Kier molecular flexibility index (Phi) is 6.87. The van der Waals surface area contributed by atoms with Crippen molar-refractivity contribution >= 4 is 0 Å². The second-order valence-electron chi connectivity index (χ2n) is 7.81. The summed E-state index contributed by atoms with van der Waals surface area (Å²) in [5, 5.41) is 9.65. The lowest BCUT2D eigenvalue weighted by Gasteiger charge is -2.39. The summed E-state index contributed by atoms with van der Waals surface area (Å²) in [7, 11) is 0. The van der Waals surface area contributed by atoms with Gasteiger partial charge < -0.3 is 5.11 Å². The number of aliphatic hydroxyl groups is 1. The molecule has 0 radical (unpaired) electrons. The molecule has 0 aromatic heterocycles. The molecule has 3 unspecified atom stereocenters. The van der Waals surface area contributed by atoms with Gasteiger partial charge in [0.05, 0.1) is 6.10 Å². The lowest BCUT2D eigenvalue weighted by Crippen LogP contribution is -2.27. The number of fused-ring (bicyclic) bond motifs is 1. The standard InChI is InChI=1S/C19H36O/c1-3-19(20)13-9-15(2)8-10-16-11-12-17-6-4-5-7-18(17)14-16/h15-20H,3-14H2,1-2H3/t15-,16?,17?,18-,19?/m1/s1. The zero-order valence-corrected chi connectivity index (χ0v) is 13.8. The van der Waals surface area contributed by atoms with Gasteiger partial charge in [0.2, 0.25) is 0 Å². The van der Waals surface area contributed by atoms with E-state index in [9.17, 15) is 5.11 Å². The Morgan fingerprint density at radius 1 is 0.950 bits per heavy atom. The Labute approximate surface area is 126 Å². The molecule has 0 aromatic rings. The largest absolute Gasteiger partial charge is 0.393 e. The SMILES string of the molecule is CCC(O)CC[C@H](C)CCC1CCC2CCCC[C@@H]2C1. The van der Waals surface area contributed by atoms with Crippen molar-refractivity contribution in [2.45, 2.75) is 97.0 Å². The van der Waals surface area contributed by atoms with Crippen LogP contribution in [0.3, 0.4) is 0 Å². The molecule has 2 fully saturated rings. The Morgan fingerprint density at radius 2 is 1.70 bits per heavy atom. The predicted molar refractivity (Wildman–Crippen MR) is 86.7 cm³/mol. The van der Waals surface area contributed by atoms with E-state index >= 15 is 0 Å². The van der Waals surface area contributed by atoms with Gasteiger partial charge in [0, 0.05) is 0 Å². The minimum absolute atomic E-state index is 0.0601. The third-order valence-electron chi connectivity index (χ3n) is 6.18. The van der Waals surface area contributed by atoms with E-state index in [1.807, 2.05) is 0 Å². The molecule has 1 nitrogen and oxygen atoms in total. The molecule has 2 rings (SSSR count). The molecule has 5 atom stereocenters. The highest BCUT2D eigenvalue weighted by molar-refractivity contribution is 4.83. The van der Waals surface area contributed by atoms with Crippen molar-refractivity contribution in [2.24, 2.45) is 23.7 Å². The lowest BCUT2D eigenvalue weighted by atomic mass is 9.66. The van der Waals surface area contributed by atoms with E-state index in [0.29, 0.717) is 0 Å². The summed E-state index contributed by atoms with van der Waals surface area (Å²) in [6, 6.07) is 0. The molecule has 1 heteroatoms. The van der Waals surface area contributed by atoms with Gasteiger partial charge in [-0.1, -0.05) is 58.8 Å². The van der Waals surface area contributed by atoms with Crippen LogP contribution in [0, 0.1) is 23.7 Å². The highest BCUT2D eigenvalue weighted by Crippen LogP contribution is 2.44. The van der Waals surface area contributed by atoms with Crippen molar-refractivity contribution < 1.29 is 5.11 Å². The molecule has 0 aromatic carbocycles. The van der Waals surface area contributed by atoms with Gasteiger partial charge in [-0.15, -0.1) is 0 Å². The van der Waals surface area contributed by atoms with Crippen LogP contribution in [0.1, 0.15) is 90.9 Å². The van der Waals surface area contributed by atoms with Crippen LogP contribution in [0.5, 0.6) is 0 Å². The maximum atomic E-state index is 9.65. The summed E-state index contributed by atoms with van der Waals surface area (Å²) >= 11 is 0. The highest BCUT2D eigenvalue weighted by atomic mass is 16.3. The van der Waals surface area contributed by atoms with Crippen LogP contribution in [-0.4, -0.2) is 11.2 Å². The Balaban J connectivity index is 1.61. The van der Waals surface area contributed by atoms with E-state index in [-0.39, 0.29) is 6.10 Å². The van der Waals surface area contributed by atoms with Crippen molar-refractivity contribution in [3.63, 3.8) is 0 Å². The highest BCUT2D eigenvalue weighted by Gasteiger charge is 2.31. The second kappa shape index (κ2) is 8.41. The molecule has 0 heterocycles. The Bertz CT molecular complexity index is 262. The topological polar surface area (TPSA) is 20.2 Å². The van der Waals surface area contributed by atoms with Crippen molar-refractivity contribution in [1.29, 1.82) is 0 Å². The van der Waals surface area contributed by atoms with Crippen LogP contribution in [0.4, 0.5) is 0 Å². The molecule has 20 heavy (non-hydrogen) atoms. The fraction of sp³-hybridized carbons (Fsp3) is 1.00. The normalized spacial score (nSPS) is 33.5. The average Bonchev–Trinajstić information content (AvgIpc) is 2.50. The lowest BCUT2D eigenvalue weighted by molar-refractivity contribution is 0.120. The van der Waals surface area contributed by atoms with E-state index in [1.165, 1.54) is 64.2 Å². The third-order valence-corrected chi connectivity index (χ3v) is 6.18. The van der Waals surface area contributed by atoms with Crippen LogP contribution >= 0.6 is 0 Å². The van der Waals surface area contributed by atoms with Crippen molar-refractivity contribution in [3.8, 4) is 0 Å². The second-order valence-corrected chi connectivity index (χ2v) is 7.81. The molecule has 0 bridgehead atoms. The van der Waals surface area contributed by atoms with Crippen LogP contribution in [0.15, 0.2) is 0 Å². The summed E-state index contributed by atoms with van der Waals surface area (Å²) in [5.41, 5.74) is 0. The molecular formula is C19H36O. The third kappa shape index (κ3) is 5.06. The van der Waals surface area contributed by atoms with Gasteiger partial charge in [0.15, 0.2) is 0 Å². The van der Waals surface area contributed by atoms with E-state index in [4.69, 9.17) is 0 Å². The summed E-state index contributed by atoms with van der Waals surface area (Å²) in [6.07, 6.45) is 16.5. The van der Waals surface area contributed by atoms with Gasteiger partial charge in [-0.25, -0.2) is 0 Å². The molecule has 0 spiro atoms. The number of hydrogen-bond acceptors (Lipinski definition) is 1. The molecule has 0 amide bonds. The molecule has 2 saturated carbocycles. The Morgan fingerprint density at radius 3 is 2.45 bits per heavy atom. The molecule has 1 N–H and O–H groups in total. The molecule has 118 valence electrons. The average molecular weight is 280 g/mol. The smallest absolute Gasteiger partial charge is 0.0537 e. The maximum Gasteiger partial charge on any atom is 0.0537 e. The predicted octanol–water partition coefficient (Wildman–Crippen LogP) is 5.56. The molecule has 2 aliphatic carbocycles. The zero-order valence-electron chi connectivity index (χ0n) is 13.8. The van der Waals surface area contributed by atoms with Gasteiger partial charge in [-0.05, 0) is 55.8 Å². The first kappa shape index (κ1) is 16.3. The molecule has 2 aliphatic rings. The van der Waals surface area contributed by atoms with Crippen molar-refractivity contribution in [2.75, 3.05) is 0 Å². The van der Waals surface area contributed by atoms with Gasteiger partial charge in [0.1, 0.15) is 0 Å². The fourth-order valence-corrected chi connectivity index (χ4v) is 4.58. The summed E-state index contributed by atoms with van der Waals surface area (Å²) < 4.78 is 0. The number of aliphatic hydroxyl groups excluding tert-OH is 1. The fourth-order valence-electron chi connectivity index (χ4n) is 4.58. The van der Waals surface area contributed by atoms with E-state index in [2.05, 4.69) is 13.8 Å². The first-order valence-electron chi connectivity index (χ1n) is 9.37. The summed E-state index contributed by atoms with van der Waals surface area (Å²) in [5.74, 6) is 4.00. The van der Waals surface area contributed by atoms with E-state index < -0.39 is 0 Å². The number of rotatable bonds is 7. The van der Waals surface area contributed by atoms with Crippen LogP contribution < -0.4 is 0 Å². The summed E-state index contributed by atoms with van der Waals surface area (Å²) in [6.45, 7) is 4.46. The first-order valence-corrected chi connectivity index (χ1v) is 9.37. The first-order chi connectivity index (χ1) is 9.69. The van der Waals surface area contributed by atoms with Gasteiger partial charge in [-0.2, -0.15) is 0 Å². The monoisotopic (exact) mass is 280 g/mol. The number of hydrogen-bond donors (Lipinski definition) is 1.